The second-order valence-electron chi connectivity index (χ2n) is 6.18. The van der Waals surface area contributed by atoms with Crippen molar-refractivity contribution in [2.45, 2.75) is 60.1 Å². The molecule has 0 fully saturated rings. The highest BCUT2D eigenvalue weighted by molar-refractivity contribution is 6.01. The topological polar surface area (TPSA) is 67.0 Å². The standard InChI is InChI=1S/C19H29N3O2/c1-6-9-22-15(4)11-17(16(22)5)12-18(13-20)19(23)21-8-7-10-24-14(2)3/h11-12,14H,6-10H2,1-5H3,(H,21,23)/b18-12+. The van der Waals surface area contributed by atoms with Crippen LogP contribution in [-0.2, 0) is 16.1 Å². The maximum Gasteiger partial charge on any atom is 0.261 e. The first-order valence-corrected chi connectivity index (χ1v) is 8.59. The number of hydrogen-bond acceptors (Lipinski definition) is 3. The number of carbonyl (C=O) groups excluding carboxylic acids is 1. The summed E-state index contributed by atoms with van der Waals surface area (Å²) in [5, 5.41) is 12.1. The first-order valence-electron chi connectivity index (χ1n) is 8.59. The molecule has 0 radical (unpaired) electrons. The van der Waals surface area contributed by atoms with Crippen molar-refractivity contribution in [3.8, 4) is 6.07 Å². The van der Waals surface area contributed by atoms with Gasteiger partial charge in [0.25, 0.3) is 5.91 Å². The van der Waals surface area contributed by atoms with Crippen molar-refractivity contribution in [1.82, 2.24) is 9.88 Å². The lowest BCUT2D eigenvalue weighted by Crippen LogP contribution is -2.26. The Morgan fingerprint density at radius 2 is 2.17 bits per heavy atom. The van der Waals surface area contributed by atoms with Gasteiger partial charge in [-0.2, -0.15) is 5.26 Å². The van der Waals surface area contributed by atoms with Crippen LogP contribution in [0.4, 0.5) is 0 Å². The summed E-state index contributed by atoms with van der Waals surface area (Å²) in [5.74, 6) is -0.331. The third kappa shape index (κ3) is 5.86. The van der Waals surface area contributed by atoms with E-state index in [9.17, 15) is 10.1 Å². The summed E-state index contributed by atoms with van der Waals surface area (Å²) in [6, 6.07) is 4.03. The van der Waals surface area contributed by atoms with Crippen molar-refractivity contribution < 1.29 is 9.53 Å². The van der Waals surface area contributed by atoms with Crippen LogP contribution in [0.25, 0.3) is 6.08 Å². The number of rotatable bonds is 9. The van der Waals surface area contributed by atoms with Crippen LogP contribution < -0.4 is 5.32 Å². The van der Waals surface area contributed by atoms with E-state index in [1.165, 1.54) is 0 Å². The molecule has 0 aliphatic carbocycles. The Kier molecular flexibility index (Phi) is 8.28. The van der Waals surface area contributed by atoms with E-state index in [4.69, 9.17) is 4.74 Å². The summed E-state index contributed by atoms with van der Waals surface area (Å²) in [6.45, 7) is 12.2. The first-order chi connectivity index (χ1) is 11.4. The zero-order valence-electron chi connectivity index (χ0n) is 15.5. The lowest BCUT2D eigenvalue weighted by Gasteiger charge is -2.08. The second-order valence-corrected chi connectivity index (χ2v) is 6.18. The Bertz CT molecular complexity index is 621. The molecule has 0 spiro atoms. The Morgan fingerprint density at radius 3 is 2.75 bits per heavy atom. The number of aromatic nitrogens is 1. The number of nitrogens with zero attached hydrogens (tertiary/aromatic N) is 2. The number of ether oxygens (including phenoxy) is 1. The van der Waals surface area contributed by atoms with Crippen LogP contribution in [-0.4, -0.2) is 29.7 Å². The summed E-state index contributed by atoms with van der Waals surface area (Å²) in [6.07, 6.45) is 3.64. The van der Waals surface area contributed by atoms with Crippen LogP contribution in [0.1, 0.15) is 50.6 Å². The van der Waals surface area contributed by atoms with Crippen LogP contribution in [0.15, 0.2) is 11.6 Å². The molecule has 0 aliphatic heterocycles. The highest BCUT2D eigenvalue weighted by Gasteiger charge is 2.12. The lowest BCUT2D eigenvalue weighted by molar-refractivity contribution is -0.117. The highest BCUT2D eigenvalue weighted by atomic mass is 16.5. The normalized spacial score (nSPS) is 11.6. The minimum absolute atomic E-state index is 0.136. The number of nitrogens with one attached hydrogen (secondary N) is 1. The van der Waals surface area contributed by atoms with Gasteiger partial charge in [-0.15, -0.1) is 0 Å². The fraction of sp³-hybridized carbons (Fsp3) is 0.579. The molecule has 5 nitrogen and oxygen atoms in total. The second kappa shape index (κ2) is 9.94. The Hall–Kier alpha value is -2.06. The SMILES string of the molecule is CCCn1c(C)cc(/C=C(\C#N)C(=O)NCCCOC(C)C)c1C. The average Bonchev–Trinajstić information content (AvgIpc) is 2.79. The molecule has 1 heterocycles. The molecule has 24 heavy (non-hydrogen) atoms. The molecule has 0 bridgehead atoms. The molecular formula is C19H29N3O2. The molecule has 1 amide bonds. The van der Waals surface area contributed by atoms with Gasteiger partial charge in [-0.3, -0.25) is 4.79 Å². The van der Waals surface area contributed by atoms with Crippen LogP contribution >= 0.6 is 0 Å². The zero-order valence-corrected chi connectivity index (χ0v) is 15.5. The molecule has 0 unspecified atom stereocenters. The predicted octanol–water partition coefficient (Wildman–Crippen LogP) is 3.35. The number of hydrogen-bond donors (Lipinski definition) is 1. The molecule has 0 aliphatic rings. The molecule has 0 saturated carbocycles. The van der Waals surface area contributed by atoms with E-state index in [1.54, 1.807) is 6.08 Å². The van der Waals surface area contributed by atoms with E-state index in [2.05, 4.69) is 16.8 Å². The first kappa shape index (κ1) is 20.0. The van der Waals surface area contributed by atoms with E-state index in [0.29, 0.717) is 13.2 Å². The fourth-order valence-corrected chi connectivity index (χ4v) is 2.53. The van der Waals surface area contributed by atoms with Crippen LogP contribution in [0.3, 0.4) is 0 Å². The Labute approximate surface area is 145 Å². The molecule has 132 valence electrons. The summed E-state index contributed by atoms with van der Waals surface area (Å²) in [5.41, 5.74) is 3.29. The third-order valence-electron chi connectivity index (χ3n) is 3.78. The van der Waals surface area contributed by atoms with Crippen molar-refractivity contribution in [2.24, 2.45) is 0 Å². The van der Waals surface area contributed by atoms with E-state index in [1.807, 2.05) is 39.8 Å². The van der Waals surface area contributed by atoms with Gasteiger partial charge < -0.3 is 14.6 Å². The van der Waals surface area contributed by atoms with E-state index >= 15 is 0 Å². The van der Waals surface area contributed by atoms with Crippen molar-refractivity contribution >= 4 is 12.0 Å². The van der Waals surface area contributed by atoms with Crippen LogP contribution in [0, 0.1) is 25.2 Å². The van der Waals surface area contributed by atoms with E-state index in [-0.39, 0.29) is 17.6 Å². The van der Waals surface area contributed by atoms with Crippen molar-refractivity contribution in [3.05, 3.63) is 28.6 Å². The molecule has 0 aromatic carbocycles. The van der Waals surface area contributed by atoms with Crippen molar-refractivity contribution in [1.29, 1.82) is 5.26 Å². The van der Waals surface area contributed by atoms with Gasteiger partial charge in [-0.05, 0) is 58.2 Å². The van der Waals surface area contributed by atoms with Crippen LogP contribution in [0.2, 0.25) is 0 Å². The van der Waals surface area contributed by atoms with Gasteiger partial charge in [0.2, 0.25) is 0 Å². The number of amides is 1. The smallest absolute Gasteiger partial charge is 0.261 e. The van der Waals surface area contributed by atoms with Gasteiger partial charge >= 0.3 is 0 Å². The average molecular weight is 331 g/mol. The maximum absolute atomic E-state index is 12.2. The molecule has 0 saturated heterocycles. The largest absolute Gasteiger partial charge is 0.379 e. The third-order valence-corrected chi connectivity index (χ3v) is 3.78. The number of nitriles is 1. The summed E-state index contributed by atoms with van der Waals surface area (Å²) >= 11 is 0. The Morgan fingerprint density at radius 1 is 1.46 bits per heavy atom. The number of aryl methyl sites for hydroxylation is 1. The molecule has 1 aromatic heterocycles. The molecule has 1 N–H and O–H groups in total. The molecule has 1 rings (SSSR count). The minimum Gasteiger partial charge on any atom is -0.379 e. The summed E-state index contributed by atoms with van der Waals surface area (Å²) in [4.78, 5) is 12.2. The predicted molar refractivity (Wildman–Crippen MR) is 96.5 cm³/mol. The van der Waals surface area contributed by atoms with Gasteiger partial charge in [0.05, 0.1) is 6.10 Å². The number of carbonyl (C=O) groups is 1. The summed E-state index contributed by atoms with van der Waals surface area (Å²) < 4.78 is 7.64. The zero-order chi connectivity index (χ0) is 18.1. The van der Waals surface area contributed by atoms with Crippen LogP contribution in [0.5, 0.6) is 0 Å². The van der Waals surface area contributed by atoms with Crippen molar-refractivity contribution in [3.63, 3.8) is 0 Å². The van der Waals surface area contributed by atoms with Crippen molar-refractivity contribution in [2.75, 3.05) is 13.2 Å². The molecule has 5 heteroatoms. The lowest BCUT2D eigenvalue weighted by atomic mass is 10.1. The van der Waals surface area contributed by atoms with Gasteiger partial charge in [0.15, 0.2) is 0 Å². The van der Waals surface area contributed by atoms with E-state index in [0.717, 1.165) is 36.3 Å². The van der Waals surface area contributed by atoms with Gasteiger partial charge in [0, 0.05) is 31.1 Å². The molecule has 0 atom stereocenters. The minimum atomic E-state index is -0.331. The monoisotopic (exact) mass is 331 g/mol. The maximum atomic E-state index is 12.2. The quantitative estimate of drug-likeness (QED) is 0.429. The highest BCUT2D eigenvalue weighted by Crippen LogP contribution is 2.18. The molecular weight excluding hydrogens is 302 g/mol. The van der Waals surface area contributed by atoms with Gasteiger partial charge in [-0.25, -0.2) is 0 Å². The van der Waals surface area contributed by atoms with E-state index < -0.39 is 0 Å². The fourth-order valence-electron chi connectivity index (χ4n) is 2.53. The van der Waals surface area contributed by atoms with Gasteiger partial charge in [0.1, 0.15) is 11.6 Å². The Balaban J connectivity index is 2.72. The van der Waals surface area contributed by atoms with Gasteiger partial charge in [-0.1, -0.05) is 6.92 Å². The summed E-state index contributed by atoms with van der Waals surface area (Å²) in [7, 11) is 0. The molecule has 1 aromatic rings.